The molecule has 0 aliphatic heterocycles. The van der Waals surface area contributed by atoms with E-state index in [1.165, 1.54) is 18.3 Å². The highest BCUT2D eigenvalue weighted by molar-refractivity contribution is 5.75. The molecule has 114 valence electrons. The van der Waals surface area contributed by atoms with Gasteiger partial charge in [0.1, 0.15) is 5.82 Å². The van der Waals surface area contributed by atoms with Gasteiger partial charge in [0, 0.05) is 18.3 Å². The third kappa shape index (κ3) is 4.71. The quantitative estimate of drug-likeness (QED) is 0.795. The molecule has 0 aliphatic rings. The number of aliphatic hydroxyl groups is 1. The average molecular weight is 300 g/mol. The SMILES string of the molecule is O=C(N/C=C/c1ccccc1F)NCc1ccc(CO)cc1. The predicted molar refractivity (Wildman–Crippen MR) is 83.2 cm³/mol. The lowest BCUT2D eigenvalue weighted by Gasteiger charge is -2.05. The molecule has 4 nitrogen and oxygen atoms in total. The molecule has 0 unspecified atom stereocenters. The molecule has 0 atom stereocenters. The summed E-state index contributed by atoms with van der Waals surface area (Å²) < 4.78 is 13.3. The summed E-state index contributed by atoms with van der Waals surface area (Å²) in [5, 5.41) is 14.1. The van der Waals surface area contributed by atoms with E-state index in [4.69, 9.17) is 5.11 Å². The first kappa shape index (κ1) is 15.7. The smallest absolute Gasteiger partial charge is 0.319 e. The number of nitrogens with one attached hydrogen (secondary N) is 2. The van der Waals surface area contributed by atoms with Crippen molar-refractivity contribution in [3.63, 3.8) is 0 Å². The van der Waals surface area contributed by atoms with Gasteiger partial charge in [-0.1, -0.05) is 42.5 Å². The molecule has 0 fully saturated rings. The monoisotopic (exact) mass is 300 g/mol. The average Bonchev–Trinajstić information content (AvgIpc) is 2.55. The Morgan fingerprint density at radius 2 is 1.77 bits per heavy atom. The summed E-state index contributed by atoms with van der Waals surface area (Å²) >= 11 is 0. The van der Waals surface area contributed by atoms with Crippen molar-refractivity contribution in [2.24, 2.45) is 0 Å². The Morgan fingerprint density at radius 1 is 1.09 bits per heavy atom. The fraction of sp³-hybridized carbons (Fsp3) is 0.118. The van der Waals surface area contributed by atoms with Crippen LogP contribution in [0.5, 0.6) is 0 Å². The number of benzene rings is 2. The molecule has 0 radical (unpaired) electrons. The molecular formula is C17H17FN2O2. The lowest BCUT2D eigenvalue weighted by atomic mass is 10.1. The number of halogens is 1. The van der Waals surface area contributed by atoms with Crippen LogP contribution in [0.3, 0.4) is 0 Å². The van der Waals surface area contributed by atoms with E-state index >= 15 is 0 Å². The summed E-state index contributed by atoms with van der Waals surface area (Å²) in [4.78, 5) is 11.6. The lowest BCUT2D eigenvalue weighted by Crippen LogP contribution is -2.31. The first-order valence-corrected chi connectivity index (χ1v) is 6.83. The van der Waals surface area contributed by atoms with Gasteiger partial charge in [0.2, 0.25) is 0 Å². The van der Waals surface area contributed by atoms with Crippen molar-refractivity contribution in [3.8, 4) is 0 Å². The van der Waals surface area contributed by atoms with E-state index in [0.717, 1.165) is 11.1 Å². The zero-order valence-electron chi connectivity index (χ0n) is 11.9. The van der Waals surface area contributed by atoms with Crippen LogP contribution >= 0.6 is 0 Å². The van der Waals surface area contributed by atoms with E-state index in [0.29, 0.717) is 12.1 Å². The van der Waals surface area contributed by atoms with Crippen LogP contribution in [0, 0.1) is 5.82 Å². The summed E-state index contributed by atoms with van der Waals surface area (Å²) in [6, 6.07) is 13.2. The second-order valence-corrected chi connectivity index (χ2v) is 4.66. The number of carbonyl (C=O) groups is 1. The minimum absolute atomic E-state index is 0.00493. The molecule has 0 saturated heterocycles. The highest BCUT2D eigenvalue weighted by Gasteiger charge is 1.99. The molecule has 2 aromatic rings. The number of hydrogen-bond acceptors (Lipinski definition) is 2. The van der Waals surface area contributed by atoms with Crippen molar-refractivity contribution >= 4 is 12.1 Å². The van der Waals surface area contributed by atoms with Crippen LogP contribution in [0.25, 0.3) is 6.08 Å². The van der Waals surface area contributed by atoms with Crippen LogP contribution in [0.4, 0.5) is 9.18 Å². The number of amides is 2. The molecule has 0 bridgehead atoms. The van der Waals surface area contributed by atoms with Crippen LogP contribution in [-0.4, -0.2) is 11.1 Å². The number of urea groups is 1. The summed E-state index contributed by atoms with van der Waals surface area (Å²) in [6.45, 7) is 0.361. The van der Waals surface area contributed by atoms with E-state index in [1.807, 2.05) is 12.1 Å². The molecule has 2 amide bonds. The minimum atomic E-state index is -0.376. The van der Waals surface area contributed by atoms with Gasteiger partial charge >= 0.3 is 6.03 Å². The standard InChI is InChI=1S/C17H17FN2O2/c18-16-4-2-1-3-15(16)9-10-19-17(22)20-11-13-5-7-14(12-21)8-6-13/h1-10,21H,11-12H2,(H2,19,20,22)/b10-9+. The lowest BCUT2D eigenvalue weighted by molar-refractivity contribution is 0.244. The molecule has 0 aliphatic carbocycles. The maximum absolute atomic E-state index is 13.3. The Labute approximate surface area is 128 Å². The number of rotatable bonds is 5. The van der Waals surface area contributed by atoms with E-state index in [1.54, 1.807) is 30.3 Å². The molecule has 3 N–H and O–H groups in total. The van der Waals surface area contributed by atoms with Gasteiger partial charge in [-0.3, -0.25) is 0 Å². The molecular weight excluding hydrogens is 283 g/mol. The Hall–Kier alpha value is -2.66. The largest absolute Gasteiger partial charge is 0.392 e. The van der Waals surface area contributed by atoms with Crippen molar-refractivity contribution < 1.29 is 14.3 Å². The summed E-state index contributed by atoms with van der Waals surface area (Å²) in [6.07, 6.45) is 2.88. The number of hydrogen-bond donors (Lipinski definition) is 3. The zero-order chi connectivity index (χ0) is 15.8. The van der Waals surface area contributed by atoms with E-state index in [9.17, 15) is 9.18 Å². The maximum atomic E-state index is 13.3. The van der Waals surface area contributed by atoms with Crippen molar-refractivity contribution in [3.05, 3.63) is 77.2 Å². The first-order valence-electron chi connectivity index (χ1n) is 6.83. The topological polar surface area (TPSA) is 61.4 Å². The Morgan fingerprint density at radius 3 is 2.45 bits per heavy atom. The summed E-state index contributed by atoms with van der Waals surface area (Å²) in [5.74, 6) is -0.343. The highest BCUT2D eigenvalue weighted by atomic mass is 19.1. The van der Waals surface area contributed by atoms with Gasteiger partial charge in [-0.05, 0) is 23.3 Å². The Balaban J connectivity index is 1.79. The molecule has 0 saturated carbocycles. The number of carbonyl (C=O) groups excluding carboxylic acids is 1. The minimum Gasteiger partial charge on any atom is -0.392 e. The van der Waals surface area contributed by atoms with E-state index in [2.05, 4.69) is 10.6 Å². The van der Waals surface area contributed by atoms with Crippen LogP contribution in [0.1, 0.15) is 16.7 Å². The number of aliphatic hydroxyl groups excluding tert-OH is 1. The second kappa shape index (κ2) is 7.95. The third-order valence-electron chi connectivity index (χ3n) is 3.04. The second-order valence-electron chi connectivity index (χ2n) is 4.66. The van der Waals surface area contributed by atoms with Crippen molar-refractivity contribution in [2.45, 2.75) is 13.2 Å². The molecule has 2 rings (SSSR count). The zero-order valence-corrected chi connectivity index (χ0v) is 11.9. The van der Waals surface area contributed by atoms with Crippen molar-refractivity contribution in [1.29, 1.82) is 0 Å². The maximum Gasteiger partial charge on any atom is 0.319 e. The van der Waals surface area contributed by atoms with Gasteiger partial charge in [-0.25, -0.2) is 9.18 Å². The highest BCUT2D eigenvalue weighted by Crippen LogP contribution is 2.07. The van der Waals surface area contributed by atoms with Gasteiger partial charge in [0.25, 0.3) is 0 Å². The first-order chi connectivity index (χ1) is 10.7. The molecule has 0 spiro atoms. The summed E-state index contributed by atoms with van der Waals surface area (Å²) in [5.41, 5.74) is 2.15. The van der Waals surface area contributed by atoms with E-state index < -0.39 is 0 Å². The molecule has 0 heterocycles. The Bertz CT molecular complexity index is 654. The predicted octanol–water partition coefficient (Wildman–Crippen LogP) is 2.79. The van der Waals surface area contributed by atoms with Crippen LogP contribution < -0.4 is 10.6 Å². The van der Waals surface area contributed by atoms with Gasteiger partial charge < -0.3 is 15.7 Å². The summed E-state index contributed by atoms with van der Waals surface area (Å²) in [7, 11) is 0. The molecule has 5 heteroatoms. The Kier molecular flexibility index (Phi) is 5.68. The van der Waals surface area contributed by atoms with Gasteiger partial charge in [0.15, 0.2) is 0 Å². The molecule has 22 heavy (non-hydrogen) atoms. The van der Waals surface area contributed by atoms with Gasteiger partial charge in [-0.15, -0.1) is 0 Å². The van der Waals surface area contributed by atoms with Crippen molar-refractivity contribution in [2.75, 3.05) is 0 Å². The van der Waals surface area contributed by atoms with Gasteiger partial charge in [0.05, 0.1) is 6.61 Å². The van der Waals surface area contributed by atoms with Crippen LogP contribution in [0.2, 0.25) is 0 Å². The van der Waals surface area contributed by atoms with Crippen LogP contribution in [0.15, 0.2) is 54.7 Å². The normalized spacial score (nSPS) is 10.6. The van der Waals surface area contributed by atoms with Gasteiger partial charge in [-0.2, -0.15) is 0 Å². The fourth-order valence-electron chi connectivity index (χ4n) is 1.81. The van der Waals surface area contributed by atoms with Crippen molar-refractivity contribution in [1.82, 2.24) is 10.6 Å². The molecule has 2 aromatic carbocycles. The fourth-order valence-corrected chi connectivity index (χ4v) is 1.81. The molecule has 0 aromatic heterocycles. The van der Waals surface area contributed by atoms with E-state index in [-0.39, 0.29) is 18.5 Å². The third-order valence-corrected chi connectivity index (χ3v) is 3.04. The van der Waals surface area contributed by atoms with Crippen LogP contribution in [-0.2, 0) is 13.2 Å².